The summed E-state index contributed by atoms with van der Waals surface area (Å²) in [5.74, 6) is -1.44. The molecule has 0 spiro atoms. The van der Waals surface area contributed by atoms with Gasteiger partial charge in [0.25, 0.3) is 0 Å². The maximum atomic E-state index is 12.9. The van der Waals surface area contributed by atoms with Crippen molar-refractivity contribution in [3.63, 3.8) is 0 Å². The minimum atomic E-state index is -1.20. The van der Waals surface area contributed by atoms with Crippen molar-refractivity contribution < 1.29 is 24.2 Å². The van der Waals surface area contributed by atoms with Crippen LogP contribution in [0.2, 0.25) is 0 Å². The first-order valence-electron chi connectivity index (χ1n) is 11.4. The molecule has 0 radical (unpaired) electrons. The maximum Gasteiger partial charge on any atom is 0.407 e. The lowest BCUT2D eigenvalue weighted by Gasteiger charge is -2.21. The predicted octanol–water partition coefficient (Wildman–Crippen LogP) is 4.01. The van der Waals surface area contributed by atoms with Gasteiger partial charge in [-0.25, -0.2) is 9.59 Å². The molecule has 0 saturated heterocycles. The molecule has 0 aliphatic heterocycles. The number of carbonyl (C=O) groups excluding carboxylic acids is 2. The van der Waals surface area contributed by atoms with Crippen LogP contribution in [0.5, 0.6) is 0 Å². The van der Waals surface area contributed by atoms with Gasteiger partial charge in [-0.2, -0.15) is 5.10 Å². The van der Waals surface area contributed by atoms with Gasteiger partial charge in [-0.15, -0.1) is 0 Å². The van der Waals surface area contributed by atoms with E-state index in [0.29, 0.717) is 6.42 Å². The summed E-state index contributed by atoms with van der Waals surface area (Å²) in [4.78, 5) is 36.8. The summed E-state index contributed by atoms with van der Waals surface area (Å²) in [7, 11) is 1.53. The van der Waals surface area contributed by atoms with Crippen LogP contribution in [0.25, 0.3) is 11.1 Å². The molecule has 9 nitrogen and oxygen atoms in total. The van der Waals surface area contributed by atoms with Crippen molar-refractivity contribution in [3.8, 4) is 11.1 Å². The molecule has 9 heteroatoms. The zero-order valence-electron chi connectivity index (χ0n) is 19.8. The maximum absolute atomic E-state index is 12.9. The minimum absolute atomic E-state index is 0.0885. The van der Waals surface area contributed by atoms with Gasteiger partial charge in [0.2, 0.25) is 5.91 Å². The Morgan fingerprint density at radius 1 is 1.06 bits per heavy atom. The lowest BCUT2D eigenvalue weighted by molar-refractivity contribution is -0.118. The van der Waals surface area contributed by atoms with Crippen molar-refractivity contribution in [3.05, 3.63) is 71.4 Å². The van der Waals surface area contributed by atoms with Gasteiger partial charge in [0.1, 0.15) is 18.5 Å². The number of carboxylic acids is 1. The lowest BCUT2D eigenvalue weighted by atomic mass is 9.98. The van der Waals surface area contributed by atoms with E-state index in [1.807, 2.05) is 50.2 Å². The number of aromatic carboxylic acids is 1. The Kier molecular flexibility index (Phi) is 6.86. The second-order valence-corrected chi connectivity index (χ2v) is 8.98. The van der Waals surface area contributed by atoms with Crippen LogP contribution in [0.1, 0.15) is 47.8 Å². The zero-order chi connectivity index (χ0) is 25.1. The molecule has 3 N–H and O–H groups in total. The van der Waals surface area contributed by atoms with Gasteiger partial charge in [-0.1, -0.05) is 62.4 Å². The predicted molar refractivity (Wildman–Crippen MR) is 130 cm³/mol. The number of benzene rings is 2. The highest BCUT2D eigenvalue weighted by molar-refractivity contribution is 5.97. The van der Waals surface area contributed by atoms with E-state index in [-0.39, 0.29) is 30.0 Å². The summed E-state index contributed by atoms with van der Waals surface area (Å²) in [6, 6.07) is 16.5. The fourth-order valence-electron chi connectivity index (χ4n) is 4.39. The van der Waals surface area contributed by atoms with Crippen molar-refractivity contribution in [2.24, 2.45) is 13.0 Å². The Bertz CT molecular complexity index is 1220. The van der Waals surface area contributed by atoms with E-state index >= 15 is 0 Å². The van der Waals surface area contributed by atoms with Crippen LogP contribution in [-0.2, 0) is 16.6 Å². The topological polar surface area (TPSA) is 123 Å². The first-order valence-corrected chi connectivity index (χ1v) is 11.4. The first-order chi connectivity index (χ1) is 16.7. The number of ether oxygens (including phenoxy) is 1. The molecule has 1 atom stereocenters. The summed E-state index contributed by atoms with van der Waals surface area (Å²) in [5.41, 5.74) is 4.27. The van der Waals surface area contributed by atoms with E-state index in [2.05, 4.69) is 27.9 Å². The summed E-state index contributed by atoms with van der Waals surface area (Å²) in [6.07, 6.45) is -0.316. The Morgan fingerprint density at radius 3 is 2.20 bits per heavy atom. The number of hydrogen-bond donors (Lipinski definition) is 3. The summed E-state index contributed by atoms with van der Waals surface area (Å²) < 4.78 is 6.85. The van der Waals surface area contributed by atoms with Crippen molar-refractivity contribution >= 4 is 23.8 Å². The van der Waals surface area contributed by atoms with E-state index in [0.717, 1.165) is 22.3 Å². The fraction of sp³-hybridized carbons (Fsp3) is 0.308. The zero-order valence-corrected chi connectivity index (χ0v) is 19.8. The van der Waals surface area contributed by atoms with Crippen LogP contribution in [0, 0.1) is 5.92 Å². The standard InChI is InChI=1S/C26H28N4O5/c1-15(2)12-21(24(31)28-23-13-22(25(32)33)29-30(23)3)27-26(34)35-14-20-18-10-6-4-8-16(18)17-9-5-7-11-19(17)20/h4-11,13,15,20-21H,12,14H2,1-3H3,(H,27,34)(H,28,31)(H,32,33)/t21-/m1/s1. The molecule has 1 aliphatic carbocycles. The van der Waals surface area contributed by atoms with E-state index in [1.165, 1.54) is 17.8 Å². The number of hydrogen-bond acceptors (Lipinski definition) is 5. The molecule has 0 bridgehead atoms. The molecule has 1 aliphatic rings. The van der Waals surface area contributed by atoms with Gasteiger partial charge < -0.3 is 20.5 Å². The Balaban J connectivity index is 1.43. The number of carboxylic acid groups (broad SMARTS) is 1. The molecular weight excluding hydrogens is 448 g/mol. The molecule has 1 heterocycles. The van der Waals surface area contributed by atoms with Crippen molar-refractivity contribution in [2.45, 2.75) is 32.2 Å². The van der Waals surface area contributed by atoms with Gasteiger partial charge in [-0.3, -0.25) is 9.48 Å². The quantitative estimate of drug-likeness (QED) is 0.452. The normalized spacial score (nSPS) is 13.1. The molecule has 4 rings (SSSR count). The highest BCUT2D eigenvalue weighted by Gasteiger charge is 2.30. The SMILES string of the molecule is CC(C)C[C@@H](NC(=O)OCC1c2ccccc2-c2ccccc21)C(=O)Nc1cc(C(=O)O)nn1C. The van der Waals surface area contributed by atoms with E-state index < -0.39 is 24.0 Å². The molecule has 35 heavy (non-hydrogen) atoms. The van der Waals surface area contributed by atoms with E-state index in [4.69, 9.17) is 9.84 Å². The van der Waals surface area contributed by atoms with Crippen LogP contribution in [0.4, 0.5) is 10.6 Å². The number of amides is 2. The molecule has 0 fully saturated rings. The Hall–Kier alpha value is -4.14. The third-order valence-electron chi connectivity index (χ3n) is 6.01. The molecule has 2 aromatic carbocycles. The number of carbonyl (C=O) groups is 3. The number of aromatic nitrogens is 2. The fourth-order valence-corrected chi connectivity index (χ4v) is 4.39. The second-order valence-electron chi connectivity index (χ2n) is 8.98. The summed E-state index contributed by atoms with van der Waals surface area (Å²) in [6.45, 7) is 4.01. The molecule has 3 aromatic rings. The minimum Gasteiger partial charge on any atom is -0.476 e. The monoisotopic (exact) mass is 476 g/mol. The second kappa shape index (κ2) is 10.0. The number of fused-ring (bicyclic) bond motifs is 3. The third-order valence-corrected chi connectivity index (χ3v) is 6.01. The summed E-state index contributed by atoms with van der Waals surface area (Å²) in [5, 5.41) is 18.3. The van der Waals surface area contributed by atoms with E-state index in [9.17, 15) is 14.4 Å². The van der Waals surface area contributed by atoms with Crippen LogP contribution in [-0.4, -0.2) is 45.5 Å². The van der Waals surface area contributed by atoms with Gasteiger partial charge in [0.15, 0.2) is 5.69 Å². The van der Waals surface area contributed by atoms with Crippen LogP contribution >= 0.6 is 0 Å². The number of rotatable bonds is 8. The average Bonchev–Trinajstić information content (AvgIpc) is 3.35. The smallest absolute Gasteiger partial charge is 0.407 e. The Morgan fingerprint density at radius 2 is 1.66 bits per heavy atom. The van der Waals surface area contributed by atoms with Gasteiger partial charge >= 0.3 is 12.1 Å². The molecule has 0 saturated carbocycles. The number of aryl methyl sites for hydroxylation is 1. The van der Waals surface area contributed by atoms with Crippen molar-refractivity contribution in [1.29, 1.82) is 0 Å². The van der Waals surface area contributed by atoms with Crippen LogP contribution in [0.15, 0.2) is 54.6 Å². The van der Waals surface area contributed by atoms with Crippen molar-refractivity contribution in [2.75, 3.05) is 11.9 Å². The number of nitrogens with one attached hydrogen (secondary N) is 2. The highest BCUT2D eigenvalue weighted by Crippen LogP contribution is 2.44. The molecule has 1 aromatic heterocycles. The van der Waals surface area contributed by atoms with Crippen LogP contribution < -0.4 is 10.6 Å². The Labute approximate surface area is 203 Å². The lowest BCUT2D eigenvalue weighted by Crippen LogP contribution is -2.45. The molecule has 0 unspecified atom stereocenters. The van der Waals surface area contributed by atoms with Gasteiger partial charge in [-0.05, 0) is 34.6 Å². The number of anilines is 1. The van der Waals surface area contributed by atoms with Gasteiger partial charge in [0, 0.05) is 19.0 Å². The molecule has 2 amide bonds. The highest BCUT2D eigenvalue weighted by atomic mass is 16.5. The number of alkyl carbamates (subject to hydrolysis) is 1. The summed E-state index contributed by atoms with van der Waals surface area (Å²) >= 11 is 0. The average molecular weight is 477 g/mol. The van der Waals surface area contributed by atoms with Crippen LogP contribution in [0.3, 0.4) is 0 Å². The first kappa shape index (κ1) is 24.0. The third kappa shape index (κ3) is 5.18. The molecule has 182 valence electrons. The van der Waals surface area contributed by atoms with E-state index in [1.54, 1.807) is 0 Å². The van der Waals surface area contributed by atoms with Crippen molar-refractivity contribution in [1.82, 2.24) is 15.1 Å². The van der Waals surface area contributed by atoms with Gasteiger partial charge in [0.05, 0.1) is 0 Å². The largest absolute Gasteiger partial charge is 0.476 e. The number of nitrogens with zero attached hydrogens (tertiary/aromatic N) is 2. The molecular formula is C26H28N4O5.